The zero-order valence-electron chi connectivity index (χ0n) is 10.6. The third-order valence-electron chi connectivity index (χ3n) is 2.81. The van der Waals surface area contributed by atoms with Crippen LogP contribution in [0.5, 0.6) is 0 Å². The zero-order chi connectivity index (χ0) is 16.6. The summed E-state index contributed by atoms with van der Waals surface area (Å²) in [6.45, 7) is 0. The molecule has 8 heteroatoms. The average molecular weight is 320 g/mol. The highest BCUT2D eigenvalue weighted by Gasteiger charge is 2.27. The molecule has 0 spiro atoms. The first-order valence-corrected chi connectivity index (χ1v) is 5.75. The monoisotopic (exact) mass is 320 g/mol. The summed E-state index contributed by atoms with van der Waals surface area (Å²) in [5.74, 6) is -13.3. The van der Waals surface area contributed by atoms with E-state index in [1.54, 1.807) is 0 Å². The van der Waals surface area contributed by atoms with Gasteiger partial charge in [-0.1, -0.05) is 6.07 Å². The molecule has 0 aromatic heterocycles. The van der Waals surface area contributed by atoms with Crippen molar-refractivity contribution in [1.82, 2.24) is 0 Å². The number of hydrogen-bond acceptors (Lipinski definition) is 1. The van der Waals surface area contributed by atoms with E-state index >= 15 is 0 Å². The molecule has 2 rings (SSSR count). The number of rotatable bonds is 3. The molecule has 2 nitrogen and oxygen atoms in total. The fourth-order valence-electron chi connectivity index (χ4n) is 1.93. The first-order valence-electron chi connectivity index (χ1n) is 5.75. The summed E-state index contributed by atoms with van der Waals surface area (Å²) in [7, 11) is 0. The Morgan fingerprint density at radius 2 is 1.32 bits per heavy atom. The van der Waals surface area contributed by atoms with Crippen LogP contribution in [-0.4, -0.2) is 11.1 Å². The van der Waals surface area contributed by atoms with E-state index in [1.165, 1.54) is 0 Å². The molecule has 0 radical (unpaired) electrons. The molecule has 0 unspecified atom stereocenters. The summed E-state index contributed by atoms with van der Waals surface area (Å²) in [5.41, 5.74) is -2.15. The summed E-state index contributed by atoms with van der Waals surface area (Å²) < 4.78 is 80.0. The van der Waals surface area contributed by atoms with E-state index in [4.69, 9.17) is 5.11 Å². The predicted octanol–water partition coefficient (Wildman–Crippen LogP) is 3.82. The third kappa shape index (κ3) is 2.76. The molecule has 0 saturated heterocycles. The number of hydrogen-bond donors (Lipinski definition) is 1. The largest absolute Gasteiger partial charge is 0.481 e. The standard InChI is InChI=1S/C14H6F6O2/c15-7-2-5(3-8(21)22)1-6(4-7)9-10(16)12(18)14(20)13(19)11(9)17/h1-2,4H,3H2,(H,21,22). The van der Waals surface area contributed by atoms with Crippen LogP contribution in [0.25, 0.3) is 11.1 Å². The van der Waals surface area contributed by atoms with E-state index in [2.05, 4.69) is 0 Å². The molecule has 1 N–H and O–H groups in total. The smallest absolute Gasteiger partial charge is 0.307 e. The van der Waals surface area contributed by atoms with Crippen LogP contribution in [-0.2, 0) is 11.2 Å². The summed E-state index contributed by atoms with van der Waals surface area (Å²) >= 11 is 0. The van der Waals surface area contributed by atoms with Gasteiger partial charge >= 0.3 is 5.97 Å². The van der Waals surface area contributed by atoms with Gasteiger partial charge in [-0.25, -0.2) is 26.3 Å². The quantitative estimate of drug-likeness (QED) is 0.530. The molecule has 22 heavy (non-hydrogen) atoms. The van der Waals surface area contributed by atoms with E-state index in [0.29, 0.717) is 6.07 Å². The van der Waals surface area contributed by atoms with E-state index in [-0.39, 0.29) is 5.56 Å². The second-order valence-corrected chi connectivity index (χ2v) is 4.36. The maximum absolute atomic E-state index is 13.7. The number of halogens is 6. The Balaban J connectivity index is 2.72. The van der Waals surface area contributed by atoms with E-state index in [0.717, 1.165) is 12.1 Å². The number of carboxylic acid groups (broad SMARTS) is 1. The molecular formula is C14H6F6O2. The molecule has 2 aromatic rings. The average Bonchev–Trinajstić information content (AvgIpc) is 2.42. The Bertz CT molecular complexity index is 743. The fourth-order valence-corrected chi connectivity index (χ4v) is 1.93. The first kappa shape index (κ1) is 15.9. The highest BCUT2D eigenvalue weighted by atomic mass is 19.2. The number of carboxylic acids is 1. The molecule has 0 saturated carbocycles. The Morgan fingerprint density at radius 3 is 1.82 bits per heavy atom. The molecule has 0 fully saturated rings. The van der Waals surface area contributed by atoms with Gasteiger partial charge in [-0.3, -0.25) is 4.79 Å². The molecule has 0 aliphatic rings. The maximum Gasteiger partial charge on any atom is 0.307 e. The molecule has 0 aliphatic carbocycles. The number of benzene rings is 2. The van der Waals surface area contributed by atoms with Crippen molar-refractivity contribution >= 4 is 5.97 Å². The topological polar surface area (TPSA) is 37.3 Å². The Kier molecular flexibility index (Phi) is 4.11. The van der Waals surface area contributed by atoms with E-state index in [1.807, 2.05) is 0 Å². The molecule has 0 bridgehead atoms. The van der Waals surface area contributed by atoms with Crippen molar-refractivity contribution in [3.05, 3.63) is 58.7 Å². The minimum absolute atomic E-state index is 0.188. The Hall–Kier alpha value is -2.51. The van der Waals surface area contributed by atoms with Gasteiger partial charge in [0, 0.05) is 0 Å². The summed E-state index contributed by atoms with van der Waals surface area (Å²) in [4.78, 5) is 10.6. The van der Waals surface area contributed by atoms with Gasteiger partial charge in [0.25, 0.3) is 0 Å². The van der Waals surface area contributed by atoms with Crippen molar-refractivity contribution in [2.45, 2.75) is 6.42 Å². The lowest BCUT2D eigenvalue weighted by atomic mass is 9.99. The molecule has 0 heterocycles. The van der Waals surface area contributed by atoms with Crippen LogP contribution in [0.1, 0.15) is 5.56 Å². The van der Waals surface area contributed by atoms with Crippen molar-refractivity contribution in [2.75, 3.05) is 0 Å². The van der Waals surface area contributed by atoms with E-state index in [9.17, 15) is 31.1 Å². The van der Waals surface area contributed by atoms with Gasteiger partial charge in [0.2, 0.25) is 5.82 Å². The van der Waals surface area contributed by atoms with Gasteiger partial charge in [0.05, 0.1) is 12.0 Å². The lowest BCUT2D eigenvalue weighted by Crippen LogP contribution is -2.05. The minimum Gasteiger partial charge on any atom is -0.481 e. The van der Waals surface area contributed by atoms with Crippen molar-refractivity contribution in [2.24, 2.45) is 0 Å². The summed E-state index contributed by atoms with van der Waals surface area (Å²) in [5, 5.41) is 8.61. The van der Waals surface area contributed by atoms with Crippen LogP contribution in [0.2, 0.25) is 0 Å². The van der Waals surface area contributed by atoms with Gasteiger partial charge in [0.15, 0.2) is 23.3 Å². The minimum atomic E-state index is -2.33. The zero-order valence-corrected chi connectivity index (χ0v) is 10.6. The summed E-state index contributed by atoms with van der Waals surface area (Å²) in [6, 6.07) is 2.17. The normalized spacial score (nSPS) is 10.8. The van der Waals surface area contributed by atoms with Gasteiger partial charge < -0.3 is 5.11 Å². The molecule has 0 atom stereocenters. The Morgan fingerprint density at radius 1 is 0.818 bits per heavy atom. The van der Waals surface area contributed by atoms with Crippen molar-refractivity contribution in [3.8, 4) is 11.1 Å². The molecule has 0 aliphatic heterocycles. The van der Waals surface area contributed by atoms with Crippen molar-refractivity contribution in [1.29, 1.82) is 0 Å². The van der Waals surface area contributed by atoms with Crippen LogP contribution in [0.3, 0.4) is 0 Å². The highest BCUT2D eigenvalue weighted by Crippen LogP contribution is 2.32. The van der Waals surface area contributed by atoms with Crippen LogP contribution in [0.4, 0.5) is 26.3 Å². The lowest BCUT2D eigenvalue weighted by molar-refractivity contribution is -0.136. The van der Waals surface area contributed by atoms with Crippen LogP contribution in [0.15, 0.2) is 18.2 Å². The molecule has 116 valence electrons. The van der Waals surface area contributed by atoms with Crippen LogP contribution >= 0.6 is 0 Å². The molecule has 2 aromatic carbocycles. The van der Waals surface area contributed by atoms with Crippen molar-refractivity contribution in [3.63, 3.8) is 0 Å². The first-order chi connectivity index (χ1) is 10.2. The Labute approximate surface area is 119 Å². The molecule has 0 amide bonds. The van der Waals surface area contributed by atoms with Crippen LogP contribution < -0.4 is 0 Å². The van der Waals surface area contributed by atoms with Gasteiger partial charge in [0.1, 0.15) is 5.82 Å². The van der Waals surface area contributed by atoms with Crippen molar-refractivity contribution < 1.29 is 36.2 Å². The van der Waals surface area contributed by atoms with E-state index < -0.39 is 58.4 Å². The molecular weight excluding hydrogens is 314 g/mol. The number of aliphatic carboxylic acids is 1. The fraction of sp³-hybridized carbons (Fsp3) is 0.0714. The number of carbonyl (C=O) groups is 1. The van der Waals surface area contributed by atoms with Gasteiger partial charge in [-0.05, 0) is 23.3 Å². The highest BCUT2D eigenvalue weighted by molar-refractivity contribution is 5.72. The van der Waals surface area contributed by atoms with Gasteiger partial charge in [-0.2, -0.15) is 0 Å². The third-order valence-corrected chi connectivity index (χ3v) is 2.81. The second kappa shape index (κ2) is 5.70. The predicted molar refractivity (Wildman–Crippen MR) is 63.0 cm³/mol. The SMILES string of the molecule is O=C(O)Cc1cc(F)cc(-c2c(F)c(F)c(F)c(F)c2F)c1. The lowest BCUT2D eigenvalue weighted by Gasteiger charge is -2.10. The summed E-state index contributed by atoms with van der Waals surface area (Å²) in [6.07, 6.45) is -0.680. The second-order valence-electron chi connectivity index (χ2n) is 4.36. The maximum atomic E-state index is 13.7. The van der Waals surface area contributed by atoms with Gasteiger partial charge in [-0.15, -0.1) is 0 Å². The van der Waals surface area contributed by atoms with Crippen LogP contribution in [0, 0.1) is 34.9 Å².